The van der Waals surface area contributed by atoms with Gasteiger partial charge in [-0.15, -0.1) is 0 Å². The Labute approximate surface area is 89.9 Å². The van der Waals surface area contributed by atoms with Crippen LogP contribution in [0.2, 0.25) is 0 Å². The van der Waals surface area contributed by atoms with Gasteiger partial charge in [-0.2, -0.15) is 0 Å². The Morgan fingerprint density at radius 3 is 2.21 bits per heavy atom. The third-order valence-corrected chi connectivity index (χ3v) is 6.83. The molecule has 0 amide bonds. The molecule has 14 heavy (non-hydrogen) atoms. The Kier molecular flexibility index (Phi) is 4.56. The van der Waals surface area contributed by atoms with Crippen molar-refractivity contribution in [2.24, 2.45) is 0 Å². The van der Waals surface area contributed by atoms with Crippen LogP contribution in [0.25, 0.3) is 0 Å². The standard InChI is InChI=1S/C7H7.C2H3.2CH3O.Ti/c1-7-5-3-2-4-6-7;3*1-2;/h2-6H,1H2;1H,2H2;2*1H3;/q;;2*-1;+2. The molecule has 0 aliphatic rings. The topological polar surface area (TPSA) is 18.5 Å². The summed E-state index contributed by atoms with van der Waals surface area (Å²) >= 11 is -2.71. The first-order chi connectivity index (χ1) is 6.76. The van der Waals surface area contributed by atoms with E-state index < -0.39 is 17.4 Å². The average molecular weight is 228 g/mol. The van der Waals surface area contributed by atoms with Gasteiger partial charge in [-0.3, -0.25) is 0 Å². The van der Waals surface area contributed by atoms with Crippen molar-refractivity contribution in [2.45, 2.75) is 4.73 Å². The van der Waals surface area contributed by atoms with Crippen molar-refractivity contribution in [3.8, 4) is 0 Å². The van der Waals surface area contributed by atoms with Crippen LogP contribution >= 0.6 is 0 Å². The average Bonchev–Trinajstić information content (AvgIpc) is 2.28. The molecule has 0 bridgehead atoms. The van der Waals surface area contributed by atoms with Gasteiger partial charge in [0.05, 0.1) is 0 Å². The summed E-state index contributed by atoms with van der Waals surface area (Å²) in [5, 5.41) is 0. The van der Waals surface area contributed by atoms with Crippen LogP contribution in [0.1, 0.15) is 5.56 Å². The van der Waals surface area contributed by atoms with Crippen molar-refractivity contribution < 1.29 is 24.0 Å². The molecule has 0 spiro atoms. The van der Waals surface area contributed by atoms with Crippen molar-refractivity contribution in [3.05, 3.63) is 46.9 Å². The molecule has 0 unspecified atom stereocenters. The fraction of sp³-hybridized carbons (Fsp3) is 0.273. The van der Waals surface area contributed by atoms with E-state index in [1.54, 1.807) is 14.2 Å². The molecule has 1 aromatic rings. The van der Waals surface area contributed by atoms with Gasteiger partial charge in [-0.1, -0.05) is 0 Å². The molecule has 0 aliphatic heterocycles. The third kappa shape index (κ3) is 2.79. The molecular weight excluding hydrogens is 212 g/mol. The molecule has 0 aliphatic carbocycles. The maximum absolute atomic E-state index is 5.49. The third-order valence-electron chi connectivity index (χ3n) is 2.30. The second-order valence-electron chi connectivity index (χ2n) is 3.09. The van der Waals surface area contributed by atoms with Gasteiger partial charge >= 0.3 is 89.8 Å². The Hall–Kier alpha value is -0.406. The van der Waals surface area contributed by atoms with Crippen LogP contribution in [0, 0.1) is 0 Å². The van der Waals surface area contributed by atoms with Crippen LogP contribution in [0.15, 0.2) is 41.3 Å². The molecule has 0 radical (unpaired) electrons. The second kappa shape index (κ2) is 5.47. The van der Waals surface area contributed by atoms with Gasteiger partial charge in [0.2, 0.25) is 0 Å². The SMILES string of the molecule is C=[CH][Ti]([CH2]c1ccccc1)([O]C)[O]C. The van der Waals surface area contributed by atoms with Crippen LogP contribution in [0.4, 0.5) is 0 Å². The van der Waals surface area contributed by atoms with Crippen molar-refractivity contribution in [1.82, 2.24) is 0 Å². The van der Waals surface area contributed by atoms with E-state index in [9.17, 15) is 0 Å². The summed E-state index contributed by atoms with van der Waals surface area (Å²) in [6.07, 6.45) is 0. The van der Waals surface area contributed by atoms with Gasteiger partial charge in [0.25, 0.3) is 0 Å². The molecular formula is C11H16O2Ti. The number of benzene rings is 1. The Morgan fingerprint density at radius 2 is 1.79 bits per heavy atom. The van der Waals surface area contributed by atoms with Gasteiger partial charge in [0.1, 0.15) is 0 Å². The maximum atomic E-state index is 5.49. The van der Waals surface area contributed by atoms with Gasteiger partial charge < -0.3 is 0 Å². The zero-order valence-corrected chi connectivity index (χ0v) is 10.3. The zero-order chi connectivity index (χ0) is 10.4. The molecule has 0 atom stereocenters. The summed E-state index contributed by atoms with van der Waals surface area (Å²) in [7, 11) is 3.40. The van der Waals surface area contributed by atoms with E-state index in [1.807, 2.05) is 22.6 Å². The van der Waals surface area contributed by atoms with E-state index in [1.165, 1.54) is 5.56 Å². The van der Waals surface area contributed by atoms with Crippen LogP contribution in [-0.4, -0.2) is 14.2 Å². The normalized spacial score (nSPS) is 11.3. The van der Waals surface area contributed by atoms with Crippen LogP contribution < -0.4 is 0 Å². The Bertz CT molecular complexity index is 281. The minimum atomic E-state index is -2.71. The summed E-state index contributed by atoms with van der Waals surface area (Å²) in [6, 6.07) is 10.2. The Balaban J connectivity index is 2.79. The fourth-order valence-corrected chi connectivity index (χ4v) is 4.06. The zero-order valence-electron chi connectivity index (χ0n) is 8.69. The predicted octanol–water partition coefficient (Wildman–Crippen LogP) is 2.61. The predicted molar refractivity (Wildman–Crippen MR) is 54.4 cm³/mol. The first kappa shape index (κ1) is 11.7. The molecule has 0 N–H and O–H groups in total. The molecule has 0 saturated carbocycles. The van der Waals surface area contributed by atoms with E-state index in [0.717, 1.165) is 4.73 Å². The van der Waals surface area contributed by atoms with Crippen LogP contribution in [0.5, 0.6) is 0 Å². The van der Waals surface area contributed by atoms with Gasteiger partial charge in [0.15, 0.2) is 0 Å². The van der Waals surface area contributed by atoms with E-state index in [4.69, 9.17) is 6.64 Å². The van der Waals surface area contributed by atoms with Crippen molar-refractivity contribution >= 4 is 0 Å². The monoisotopic (exact) mass is 228 g/mol. The molecule has 0 heterocycles. The molecule has 1 aromatic carbocycles. The van der Waals surface area contributed by atoms with E-state index in [-0.39, 0.29) is 0 Å². The number of hydrogen-bond donors (Lipinski definition) is 0. The van der Waals surface area contributed by atoms with Crippen LogP contribution in [0.3, 0.4) is 0 Å². The number of hydrogen-bond acceptors (Lipinski definition) is 2. The van der Waals surface area contributed by atoms with E-state index >= 15 is 0 Å². The molecule has 76 valence electrons. The summed E-state index contributed by atoms with van der Waals surface area (Å²) in [5.74, 6) is 0. The molecule has 0 saturated heterocycles. The molecule has 0 fully saturated rings. The molecule has 0 aromatic heterocycles. The van der Waals surface area contributed by atoms with E-state index in [0.29, 0.717) is 0 Å². The van der Waals surface area contributed by atoms with Crippen molar-refractivity contribution in [2.75, 3.05) is 14.2 Å². The fourth-order valence-electron chi connectivity index (χ4n) is 1.35. The number of rotatable bonds is 5. The summed E-state index contributed by atoms with van der Waals surface area (Å²) in [5.41, 5.74) is 1.25. The molecule has 2 nitrogen and oxygen atoms in total. The minimum absolute atomic E-state index is 0.858. The van der Waals surface area contributed by atoms with Crippen LogP contribution in [-0.2, 0) is 28.7 Å². The summed E-state index contributed by atoms with van der Waals surface area (Å²) in [4.78, 5) is 0. The quantitative estimate of drug-likeness (QED) is 0.721. The molecule has 1 rings (SSSR count). The van der Waals surface area contributed by atoms with Crippen molar-refractivity contribution in [3.63, 3.8) is 0 Å². The van der Waals surface area contributed by atoms with Gasteiger partial charge in [0, 0.05) is 0 Å². The van der Waals surface area contributed by atoms with E-state index in [2.05, 4.69) is 18.7 Å². The summed E-state index contributed by atoms with van der Waals surface area (Å²) in [6.45, 7) is 3.80. The first-order valence-electron chi connectivity index (χ1n) is 4.54. The summed E-state index contributed by atoms with van der Waals surface area (Å²) < 4.78 is 13.7. The van der Waals surface area contributed by atoms with Crippen molar-refractivity contribution in [1.29, 1.82) is 0 Å². The Morgan fingerprint density at radius 1 is 1.21 bits per heavy atom. The first-order valence-corrected chi connectivity index (χ1v) is 7.82. The van der Waals surface area contributed by atoms with Gasteiger partial charge in [-0.05, 0) is 0 Å². The molecule has 3 heteroatoms. The second-order valence-corrected chi connectivity index (χ2v) is 8.09. The van der Waals surface area contributed by atoms with Gasteiger partial charge in [-0.25, -0.2) is 0 Å².